The van der Waals surface area contributed by atoms with Crippen molar-refractivity contribution >= 4 is 17.3 Å². The molecular formula is C33H33NO3. The lowest BCUT2D eigenvalue weighted by molar-refractivity contribution is -0.192. The summed E-state index contributed by atoms with van der Waals surface area (Å²) in [4.78, 5) is 46.0. The molecule has 4 nitrogen and oxygen atoms in total. The number of Topliss-reactive ketones (excluding diaryl/α,β-unsaturated/α-hetero) is 3. The largest absolute Gasteiger partial charge is 0.299 e. The van der Waals surface area contributed by atoms with Gasteiger partial charge in [0.25, 0.3) is 0 Å². The molecule has 4 aliphatic rings. The lowest BCUT2D eigenvalue weighted by Gasteiger charge is -2.64. The molecule has 1 saturated carbocycles. The van der Waals surface area contributed by atoms with Gasteiger partial charge in [-0.05, 0) is 56.7 Å². The van der Waals surface area contributed by atoms with Gasteiger partial charge in [-0.3, -0.25) is 19.3 Å². The van der Waals surface area contributed by atoms with E-state index in [-0.39, 0.29) is 17.3 Å². The van der Waals surface area contributed by atoms with E-state index in [1.807, 2.05) is 75.4 Å². The van der Waals surface area contributed by atoms with Crippen LogP contribution < -0.4 is 0 Å². The fraction of sp³-hybridized carbons (Fsp3) is 0.364. The van der Waals surface area contributed by atoms with Crippen molar-refractivity contribution in [1.82, 2.24) is 4.90 Å². The number of nitrogens with zero attached hydrogens (tertiary/aromatic N) is 1. The van der Waals surface area contributed by atoms with Crippen molar-refractivity contribution in [3.8, 4) is 0 Å². The highest BCUT2D eigenvalue weighted by molar-refractivity contribution is 6.33. The quantitative estimate of drug-likeness (QED) is 0.471. The van der Waals surface area contributed by atoms with Gasteiger partial charge in [-0.15, -0.1) is 0 Å². The molecule has 4 fully saturated rings. The molecule has 3 aliphatic heterocycles. The molecule has 0 aromatic heterocycles. The average Bonchev–Trinajstić information content (AvgIpc) is 2.84. The Balaban J connectivity index is 1.52. The molecule has 7 rings (SSSR count). The smallest absolute Gasteiger partial charge is 0.163 e. The maximum Gasteiger partial charge on any atom is 0.163 e. The van der Waals surface area contributed by atoms with E-state index in [4.69, 9.17) is 0 Å². The summed E-state index contributed by atoms with van der Waals surface area (Å²) in [6, 6.07) is 24.2. The lowest BCUT2D eigenvalue weighted by Crippen LogP contribution is -2.82. The Morgan fingerprint density at radius 1 is 0.541 bits per heavy atom. The summed E-state index contributed by atoms with van der Waals surface area (Å²) in [6.45, 7) is 7.28. The summed E-state index contributed by atoms with van der Waals surface area (Å²) in [6.07, 6.45) is 1.05. The molecule has 0 spiro atoms. The zero-order valence-corrected chi connectivity index (χ0v) is 21.8. The van der Waals surface area contributed by atoms with Crippen LogP contribution >= 0.6 is 0 Å². The van der Waals surface area contributed by atoms with Crippen molar-refractivity contribution < 1.29 is 14.4 Å². The van der Waals surface area contributed by atoms with Crippen LogP contribution in [0.5, 0.6) is 0 Å². The predicted molar refractivity (Wildman–Crippen MR) is 143 cm³/mol. The van der Waals surface area contributed by atoms with Gasteiger partial charge in [0.05, 0.1) is 0 Å². The number of benzene rings is 3. The highest BCUT2D eigenvalue weighted by Gasteiger charge is 2.77. The number of aryl methyl sites for hydroxylation is 3. The van der Waals surface area contributed by atoms with Gasteiger partial charge in [0.2, 0.25) is 0 Å². The molecule has 3 saturated heterocycles. The van der Waals surface area contributed by atoms with Crippen LogP contribution in [0.25, 0.3) is 0 Å². The number of ketones is 3. The molecular weight excluding hydrogens is 458 g/mol. The van der Waals surface area contributed by atoms with Crippen LogP contribution in [0.2, 0.25) is 0 Å². The first-order chi connectivity index (χ1) is 17.7. The van der Waals surface area contributed by atoms with Gasteiger partial charge in [0, 0.05) is 19.6 Å². The molecule has 3 aromatic rings. The summed E-state index contributed by atoms with van der Waals surface area (Å²) in [5.41, 5.74) is 2.63. The Morgan fingerprint density at radius 3 is 1.11 bits per heavy atom. The summed E-state index contributed by atoms with van der Waals surface area (Å²) in [5, 5.41) is 0. The Hall–Kier alpha value is -3.37. The zero-order chi connectivity index (χ0) is 26.0. The number of rotatable bonds is 6. The Labute approximate surface area is 218 Å². The Kier molecular flexibility index (Phi) is 5.40. The molecule has 3 aromatic carbocycles. The van der Waals surface area contributed by atoms with Crippen LogP contribution in [0, 0.1) is 37.0 Å². The van der Waals surface area contributed by atoms with E-state index in [1.165, 1.54) is 0 Å². The molecule has 0 amide bonds. The third kappa shape index (κ3) is 3.57. The molecule has 37 heavy (non-hydrogen) atoms. The van der Waals surface area contributed by atoms with Crippen LogP contribution in [0.15, 0.2) is 72.8 Å². The van der Waals surface area contributed by atoms with Gasteiger partial charge in [-0.25, -0.2) is 0 Å². The summed E-state index contributed by atoms with van der Waals surface area (Å²) in [7, 11) is 0. The molecule has 4 bridgehead atoms. The minimum atomic E-state index is -1.20. The van der Waals surface area contributed by atoms with Crippen LogP contribution in [0.1, 0.15) is 33.4 Å². The fourth-order valence-electron chi connectivity index (χ4n) is 7.59. The number of carbonyl (C=O) groups is 3. The first-order valence-electron chi connectivity index (χ1n) is 13.2. The van der Waals surface area contributed by atoms with Gasteiger partial charge in [-0.2, -0.15) is 0 Å². The molecule has 0 unspecified atom stereocenters. The standard InChI is InChI=1S/C33H33NO3/c1-22-7-4-10-25(13-22)16-31-19-34-20-32(28(31)35,17-26-11-5-8-23(2)14-26)30(37)33(21-34,29(31)36)18-27-12-6-9-24(3)15-27/h4-15H,16-21H2,1-3H3. The van der Waals surface area contributed by atoms with Crippen LogP contribution in [0.3, 0.4) is 0 Å². The maximum atomic E-state index is 14.6. The topological polar surface area (TPSA) is 54.5 Å². The van der Waals surface area contributed by atoms with E-state index in [0.717, 1.165) is 33.4 Å². The van der Waals surface area contributed by atoms with Crippen molar-refractivity contribution in [2.45, 2.75) is 40.0 Å². The molecule has 0 atom stereocenters. The zero-order valence-electron chi connectivity index (χ0n) is 21.8. The first kappa shape index (κ1) is 24.0. The molecule has 0 N–H and O–H groups in total. The van der Waals surface area contributed by atoms with Gasteiger partial charge in [0.15, 0.2) is 17.3 Å². The lowest BCUT2D eigenvalue weighted by atomic mass is 9.42. The molecule has 188 valence electrons. The normalized spacial score (nSPS) is 30.2. The van der Waals surface area contributed by atoms with Gasteiger partial charge in [-0.1, -0.05) is 89.5 Å². The van der Waals surface area contributed by atoms with Crippen molar-refractivity contribution in [2.75, 3.05) is 19.6 Å². The van der Waals surface area contributed by atoms with Gasteiger partial charge < -0.3 is 0 Å². The molecule has 3 heterocycles. The number of hydrogen-bond donors (Lipinski definition) is 0. The Bertz CT molecular complexity index is 1260. The summed E-state index contributed by atoms with van der Waals surface area (Å²) < 4.78 is 0. The minimum Gasteiger partial charge on any atom is -0.299 e. The van der Waals surface area contributed by atoms with E-state index in [9.17, 15) is 14.4 Å². The summed E-state index contributed by atoms with van der Waals surface area (Å²) >= 11 is 0. The molecule has 0 radical (unpaired) electrons. The maximum absolute atomic E-state index is 14.6. The van der Waals surface area contributed by atoms with Crippen molar-refractivity contribution in [1.29, 1.82) is 0 Å². The Morgan fingerprint density at radius 2 is 0.838 bits per heavy atom. The van der Waals surface area contributed by atoms with Gasteiger partial charge in [0.1, 0.15) is 16.2 Å². The highest BCUT2D eigenvalue weighted by atomic mass is 16.2. The van der Waals surface area contributed by atoms with Crippen LogP contribution in [-0.2, 0) is 33.6 Å². The number of piperidine rings is 3. The second-order valence-corrected chi connectivity index (χ2v) is 11.9. The number of hydrogen-bond acceptors (Lipinski definition) is 4. The van der Waals surface area contributed by atoms with E-state index < -0.39 is 16.2 Å². The SMILES string of the molecule is Cc1cccc(CC23CN4CC(Cc5cccc(C)c5)(C2=O)C(=O)C(Cc2cccc(C)c2)(C4)C3=O)c1. The van der Waals surface area contributed by atoms with Crippen LogP contribution in [0.4, 0.5) is 0 Å². The third-order valence-corrected chi connectivity index (χ3v) is 8.85. The number of carbonyl (C=O) groups excluding carboxylic acids is 3. The van der Waals surface area contributed by atoms with Crippen LogP contribution in [-0.4, -0.2) is 41.9 Å². The van der Waals surface area contributed by atoms with Crippen molar-refractivity contribution in [2.24, 2.45) is 16.2 Å². The van der Waals surface area contributed by atoms with Crippen molar-refractivity contribution in [3.05, 3.63) is 106 Å². The minimum absolute atomic E-state index is 0.158. The predicted octanol–water partition coefficient (Wildman–Crippen LogP) is 4.65. The monoisotopic (exact) mass is 491 g/mol. The molecule has 4 heteroatoms. The van der Waals surface area contributed by atoms with E-state index in [2.05, 4.69) is 23.1 Å². The first-order valence-corrected chi connectivity index (χ1v) is 13.2. The fourth-order valence-corrected chi connectivity index (χ4v) is 7.59. The summed E-state index contributed by atoms with van der Waals surface area (Å²) in [5.74, 6) is -0.475. The second-order valence-electron chi connectivity index (χ2n) is 11.9. The second kappa shape index (κ2) is 8.32. The third-order valence-electron chi connectivity index (χ3n) is 8.85. The average molecular weight is 492 g/mol. The van der Waals surface area contributed by atoms with Crippen molar-refractivity contribution in [3.63, 3.8) is 0 Å². The van der Waals surface area contributed by atoms with E-state index in [0.29, 0.717) is 38.9 Å². The molecule has 1 aliphatic carbocycles. The van der Waals surface area contributed by atoms with E-state index >= 15 is 0 Å². The highest BCUT2D eigenvalue weighted by Crippen LogP contribution is 2.58. The van der Waals surface area contributed by atoms with E-state index in [1.54, 1.807) is 0 Å². The van der Waals surface area contributed by atoms with Gasteiger partial charge >= 0.3 is 0 Å².